The van der Waals surface area contributed by atoms with Gasteiger partial charge in [-0.1, -0.05) is 30.3 Å². The molecule has 24 heavy (non-hydrogen) atoms. The zero-order valence-corrected chi connectivity index (χ0v) is 14.2. The average Bonchev–Trinajstić information content (AvgIpc) is 3.24. The first-order valence-corrected chi connectivity index (χ1v) is 9.71. The van der Waals surface area contributed by atoms with E-state index in [9.17, 15) is 9.90 Å². The number of hydrogen-bond donors (Lipinski definition) is 1. The fraction of sp³-hybridized carbons (Fsp3) is 0.667. The lowest BCUT2D eigenvalue weighted by atomic mass is 9.65. The highest BCUT2D eigenvalue weighted by atomic mass is 16.3. The Hall–Kier alpha value is -1.35. The Labute approximate surface area is 144 Å². The summed E-state index contributed by atoms with van der Waals surface area (Å²) in [4.78, 5) is 15.2. The lowest BCUT2D eigenvalue weighted by molar-refractivity contribution is -0.141. The third-order valence-corrected chi connectivity index (χ3v) is 7.49. The summed E-state index contributed by atoms with van der Waals surface area (Å²) in [5.74, 6) is 2.26. The fourth-order valence-corrected chi connectivity index (χ4v) is 6.51. The molecule has 1 amide bonds. The van der Waals surface area contributed by atoms with Crippen LogP contribution in [0.25, 0.3) is 0 Å². The summed E-state index contributed by atoms with van der Waals surface area (Å²) >= 11 is 0. The van der Waals surface area contributed by atoms with Crippen molar-refractivity contribution in [3.8, 4) is 0 Å². The molecule has 1 aromatic carbocycles. The lowest BCUT2D eigenvalue weighted by Gasteiger charge is -2.49. The number of hydrogen-bond acceptors (Lipinski definition) is 2. The van der Waals surface area contributed by atoms with E-state index in [1.807, 2.05) is 6.07 Å². The summed E-state index contributed by atoms with van der Waals surface area (Å²) in [6.07, 6.45) is 7.25. The van der Waals surface area contributed by atoms with E-state index < -0.39 is 5.60 Å². The maximum absolute atomic E-state index is 13.0. The van der Waals surface area contributed by atoms with Crippen LogP contribution in [0.1, 0.15) is 44.1 Å². The number of likely N-dealkylation sites (tertiary alicyclic amines) is 1. The van der Waals surface area contributed by atoms with E-state index in [0.29, 0.717) is 29.7 Å². The largest absolute Gasteiger partial charge is 0.390 e. The van der Waals surface area contributed by atoms with Crippen molar-refractivity contribution in [3.05, 3.63) is 35.9 Å². The Morgan fingerprint density at radius 1 is 1.17 bits per heavy atom. The van der Waals surface area contributed by atoms with Gasteiger partial charge in [0.25, 0.3) is 0 Å². The van der Waals surface area contributed by atoms with Crippen LogP contribution >= 0.6 is 0 Å². The topological polar surface area (TPSA) is 40.5 Å². The van der Waals surface area contributed by atoms with Crippen molar-refractivity contribution < 1.29 is 9.90 Å². The molecule has 1 saturated heterocycles. The van der Waals surface area contributed by atoms with Crippen LogP contribution in [0.15, 0.2) is 30.3 Å². The maximum atomic E-state index is 13.0. The van der Waals surface area contributed by atoms with Crippen LogP contribution in [0, 0.1) is 23.7 Å². The van der Waals surface area contributed by atoms with Crippen LogP contribution in [0.2, 0.25) is 0 Å². The van der Waals surface area contributed by atoms with Gasteiger partial charge in [-0.05, 0) is 68.3 Å². The smallest absolute Gasteiger partial charge is 0.226 e. The van der Waals surface area contributed by atoms with Crippen LogP contribution < -0.4 is 0 Å². The molecule has 1 N–H and O–H groups in total. The molecular weight excluding hydrogens is 298 g/mol. The summed E-state index contributed by atoms with van der Waals surface area (Å²) in [6, 6.07) is 10.8. The number of amides is 1. The van der Waals surface area contributed by atoms with Crippen LogP contribution in [-0.2, 0) is 11.2 Å². The molecule has 2 bridgehead atoms. The molecule has 3 saturated carbocycles. The molecule has 3 nitrogen and oxygen atoms in total. The molecule has 6 atom stereocenters. The summed E-state index contributed by atoms with van der Waals surface area (Å²) in [5.41, 5.74) is 0.881. The van der Waals surface area contributed by atoms with Gasteiger partial charge in [-0.3, -0.25) is 4.79 Å². The number of carbonyl (C=O) groups excluding carboxylic acids is 1. The van der Waals surface area contributed by atoms with E-state index in [-0.39, 0.29) is 5.92 Å². The van der Waals surface area contributed by atoms with Gasteiger partial charge in [0.15, 0.2) is 0 Å². The van der Waals surface area contributed by atoms with Crippen molar-refractivity contribution in [2.75, 3.05) is 6.54 Å². The molecule has 4 aliphatic rings. The molecule has 0 aromatic heterocycles. The first-order valence-electron chi connectivity index (χ1n) is 9.71. The predicted octanol–water partition coefficient (Wildman–Crippen LogP) is 3.02. The van der Waals surface area contributed by atoms with Gasteiger partial charge in [0.1, 0.15) is 0 Å². The summed E-state index contributed by atoms with van der Waals surface area (Å²) in [6.45, 7) is 0.924. The molecule has 4 fully saturated rings. The molecule has 5 rings (SSSR count). The summed E-state index contributed by atoms with van der Waals surface area (Å²) in [7, 11) is 0. The van der Waals surface area contributed by atoms with Crippen molar-refractivity contribution in [1.82, 2.24) is 4.90 Å². The number of fused-ring (bicyclic) bond motifs is 1. The molecule has 3 unspecified atom stereocenters. The van der Waals surface area contributed by atoms with Crippen molar-refractivity contribution in [2.24, 2.45) is 23.7 Å². The molecule has 3 aliphatic carbocycles. The Balaban J connectivity index is 1.31. The predicted molar refractivity (Wildman–Crippen MR) is 92.3 cm³/mol. The van der Waals surface area contributed by atoms with Crippen molar-refractivity contribution in [2.45, 2.75) is 56.6 Å². The van der Waals surface area contributed by atoms with Gasteiger partial charge >= 0.3 is 0 Å². The third-order valence-electron chi connectivity index (χ3n) is 7.49. The normalized spacial score (nSPS) is 43.6. The Morgan fingerprint density at radius 2 is 2.00 bits per heavy atom. The first kappa shape index (κ1) is 14.9. The maximum Gasteiger partial charge on any atom is 0.226 e. The SMILES string of the molecule is O=C1C(Cc2ccccc2)CCN1[C@@H]1CC[C@]2(O)CC3CC2[C@H]1C3. The molecule has 128 valence electrons. The molecule has 1 heterocycles. The zero-order chi connectivity index (χ0) is 16.3. The van der Waals surface area contributed by atoms with Crippen LogP contribution in [0.5, 0.6) is 0 Å². The monoisotopic (exact) mass is 325 g/mol. The van der Waals surface area contributed by atoms with E-state index in [4.69, 9.17) is 0 Å². The standard InChI is InChI=1S/C21H27NO2/c23-20-16(10-14-4-2-1-3-5-14)7-9-22(20)19-6-8-21(24)13-15-11-17(19)18(21)12-15/h1-5,15-19,24H,6-13H2/t15?,16?,17-,18?,19-,21+/m1/s1. The zero-order valence-electron chi connectivity index (χ0n) is 14.2. The van der Waals surface area contributed by atoms with Gasteiger partial charge in [0.05, 0.1) is 5.60 Å². The highest BCUT2D eigenvalue weighted by Crippen LogP contribution is 2.60. The number of aliphatic hydroxyl groups is 1. The quantitative estimate of drug-likeness (QED) is 0.928. The third kappa shape index (κ3) is 2.17. The number of carbonyl (C=O) groups is 1. The highest BCUT2D eigenvalue weighted by molar-refractivity contribution is 5.81. The minimum Gasteiger partial charge on any atom is -0.390 e. The number of benzene rings is 1. The second-order valence-electron chi connectivity index (χ2n) is 8.73. The second-order valence-corrected chi connectivity index (χ2v) is 8.73. The van der Waals surface area contributed by atoms with Gasteiger partial charge in [-0.15, -0.1) is 0 Å². The van der Waals surface area contributed by atoms with Gasteiger partial charge in [0, 0.05) is 18.5 Å². The van der Waals surface area contributed by atoms with Crippen molar-refractivity contribution >= 4 is 5.91 Å². The van der Waals surface area contributed by atoms with Crippen LogP contribution in [-0.4, -0.2) is 34.1 Å². The fourth-order valence-electron chi connectivity index (χ4n) is 6.51. The van der Waals surface area contributed by atoms with E-state index >= 15 is 0 Å². The summed E-state index contributed by atoms with van der Waals surface area (Å²) < 4.78 is 0. The number of rotatable bonds is 3. The molecule has 0 spiro atoms. The number of nitrogens with zero attached hydrogens (tertiary/aromatic N) is 1. The average molecular weight is 325 g/mol. The van der Waals surface area contributed by atoms with Gasteiger partial charge in [0.2, 0.25) is 5.91 Å². The first-order chi connectivity index (χ1) is 11.6. The minimum atomic E-state index is -0.393. The van der Waals surface area contributed by atoms with Gasteiger partial charge in [-0.25, -0.2) is 0 Å². The Morgan fingerprint density at radius 3 is 2.79 bits per heavy atom. The van der Waals surface area contributed by atoms with Crippen LogP contribution in [0.3, 0.4) is 0 Å². The summed E-state index contributed by atoms with van der Waals surface area (Å²) in [5, 5.41) is 10.9. The van der Waals surface area contributed by atoms with E-state index in [0.717, 1.165) is 38.6 Å². The minimum absolute atomic E-state index is 0.159. The van der Waals surface area contributed by atoms with Gasteiger partial charge < -0.3 is 10.0 Å². The van der Waals surface area contributed by atoms with Crippen molar-refractivity contribution in [1.29, 1.82) is 0 Å². The highest BCUT2D eigenvalue weighted by Gasteiger charge is 2.60. The Bertz CT molecular complexity index is 644. The Kier molecular flexibility index (Phi) is 3.31. The van der Waals surface area contributed by atoms with Gasteiger partial charge in [-0.2, -0.15) is 0 Å². The van der Waals surface area contributed by atoms with Crippen LogP contribution in [0.4, 0.5) is 0 Å². The molecular formula is C21H27NO2. The molecule has 0 radical (unpaired) electrons. The van der Waals surface area contributed by atoms with Crippen molar-refractivity contribution in [3.63, 3.8) is 0 Å². The second kappa shape index (κ2) is 5.32. The molecule has 3 heteroatoms. The lowest BCUT2D eigenvalue weighted by Crippen LogP contribution is -2.54. The molecule has 1 aliphatic heterocycles. The van der Waals surface area contributed by atoms with E-state index in [1.165, 1.54) is 18.4 Å². The molecule has 1 aromatic rings. The van der Waals surface area contributed by atoms with E-state index in [1.54, 1.807) is 0 Å². The van der Waals surface area contributed by atoms with E-state index in [2.05, 4.69) is 29.2 Å².